The Kier molecular flexibility index (Phi) is 4.77. The fraction of sp³-hybridized carbons (Fsp3) is 0.267. The van der Waals surface area contributed by atoms with Crippen molar-refractivity contribution in [3.05, 3.63) is 41.7 Å². The molecule has 0 aliphatic heterocycles. The highest BCUT2D eigenvalue weighted by Crippen LogP contribution is 2.17. The second-order valence-corrected chi connectivity index (χ2v) is 4.44. The Bertz CT molecular complexity index is 694. The third-order valence-corrected chi connectivity index (χ3v) is 2.92. The molecule has 0 bridgehead atoms. The molecule has 22 heavy (non-hydrogen) atoms. The van der Waals surface area contributed by atoms with Crippen LogP contribution in [-0.2, 0) is 11.8 Å². The average Bonchev–Trinajstić information content (AvgIpc) is 2.90. The van der Waals surface area contributed by atoms with Crippen molar-refractivity contribution in [2.24, 2.45) is 7.05 Å². The van der Waals surface area contributed by atoms with E-state index in [-0.39, 0.29) is 18.0 Å². The van der Waals surface area contributed by atoms with Gasteiger partial charge in [0.1, 0.15) is 11.4 Å². The lowest BCUT2D eigenvalue weighted by molar-refractivity contribution is 0.0513. The number of rotatable bonds is 5. The van der Waals surface area contributed by atoms with Gasteiger partial charge in [0.2, 0.25) is 0 Å². The standard InChI is InChI=1S/C15H17N3O4/c1-4-22-15(20)13-9-12(17-18(13)2)14(19)16-10-6-5-7-11(8-10)21-3/h5-9H,4H2,1-3H3,(H,16,19). The van der Waals surface area contributed by atoms with Crippen LogP contribution in [0.5, 0.6) is 5.75 Å². The highest BCUT2D eigenvalue weighted by molar-refractivity contribution is 6.04. The molecule has 1 aromatic heterocycles. The van der Waals surface area contributed by atoms with Crippen molar-refractivity contribution in [2.45, 2.75) is 6.92 Å². The van der Waals surface area contributed by atoms with Crippen LogP contribution in [0.4, 0.5) is 5.69 Å². The number of methoxy groups -OCH3 is 1. The lowest BCUT2D eigenvalue weighted by Gasteiger charge is -2.05. The van der Waals surface area contributed by atoms with E-state index in [1.54, 1.807) is 45.3 Å². The number of aryl methyl sites for hydroxylation is 1. The Morgan fingerprint density at radius 1 is 1.32 bits per heavy atom. The van der Waals surface area contributed by atoms with Crippen LogP contribution in [0.2, 0.25) is 0 Å². The normalized spacial score (nSPS) is 10.1. The molecule has 1 aromatic carbocycles. The summed E-state index contributed by atoms with van der Waals surface area (Å²) in [5.41, 5.74) is 0.929. The van der Waals surface area contributed by atoms with Crippen LogP contribution in [0.15, 0.2) is 30.3 Å². The number of nitrogens with zero attached hydrogens (tertiary/aromatic N) is 2. The summed E-state index contributed by atoms with van der Waals surface area (Å²) in [5.74, 6) is -0.302. The van der Waals surface area contributed by atoms with E-state index in [1.807, 2.05) is 0 Å². The van der Waals surface area contributed by atoms with Crippen molar-refractivity contribution < 1.29 is 19.1 Å². The van der Waals surface area contributed by atoms with Crippen molar-refractivity contribution in [2.75, 3.05) is 19.0 Å². The summed E-state index contributed by atoms with van der Waals surface area (Å²) in [5, 5.41) is 6.72. The van der Waals surface area contributed by atoms with E-state index < -0.39 is 11.9 Å². The molecular formula is C15H17N3O4. The maximum atomic E-state index is 12.2. The molecule has 0 saturated heterocycles. The third kappa shape index (κ3) is 3.43. The Hall–Kier alpha value is -2.83. The molecular weight excluding hydrogens is 286 g/mol. The van der Waals surface area contributed by atoms with Gasteiger partial charge in [-0.15, -0.1) is 0 Å². The first-order valence-electron chi connectivity index (χ1n) is 6.71. The van der Waals surface area contributed by atoms with E-state index in [2.05, 4.69) is 10.4 Å². The average molecular weight is 303 g/mol. The van der Waals surface area contributed by atoms with E-state index in [0.717, 1.165) is 0 Å². The number of hydrogen-bond acceptors (Lipinski definition) is 5. The van der Waals surface area contributed by atoms with Gasteiger partial charge >= 0.3 is 5.97 Å². The van der Waals surface area contributed by atoms with Crippen molar-refractivity contribution >= 4 is 17.6 Å². The van der Waals surface area contributed by atoms with Gasteiger partial charge in [0.05, 0.1) is 13.7 Å². The van der Waals surface area contributed by atoms with Gasteiger partial charge < -0.3 is 14.8 Å². The third-order valence-electron chi connectivity index (χ3n) is 2.92. The van der Waals surface area contributed by atoms with E-state index in [0.29, 0.717) is 11.4 Å². The monoisotopic (exact) mass is 303 g/mol. The van der Waals surface area contributed by atoms with E-state index in [9.17, 15) is 9.59 Å². The number of esters is 1. The molecule has 1 heterocycles. The number of carbonyl (C=O) groups is 2. The number of anilines is 1. The summed E-state index contributed by atoms with van der Waals surface area (Å²) in [4.78, 5) is 23.9. The largest absolute Gasteiger partial charge is 0.497 e. The van der Waals surface area contributed by atoms with Crippen LogP contribution < -0.4 is 10.1 Å². The molecule has 0 saturated carbocycles. The van der Waals surface area contributed by atoms with Crippen LogP contribution in [0, 0.1) is 0 Å². The Balaban J connectivity index is 2.16. The van der Waals surface area contributed by atoms with Gasteiger partial charge in [-0.2, -0.15) is 5.10 Å². The molecule has 1 amide bonds. The first-order valence-corrected chi connectivity index (χ1v) is 6.71. The van der Waals surface area contributed by atoms with Crippen LogP contribution in [0.3, 0.4) is 0 Å². The second kappa shape index (κ2) is 6.75. The van der Waals surface area contributed by atoms with Gasteiger partial charge in [0.25, 0.3) is 5.91 Å². The molecule has 0 spiro atoms. The maximum absolute atomic E-state index is 12.2. The predicted octanol–water partition coefficient (Wildman–Crippen LogP) is 1.86. The van der Waals surface area contributed by atoms with Gasteiger partial charge in [0, 0.05) is 24.9 Å². The lowest BCUT2D eigenvalue weighted by atomic mass is 10.3. The number of nitrogens with one attached hydrogen (secondary N) is 1. The van der Waals surface area contributed by atoms with Gasteiger partial charge in [-0.1, -0.05) is 6.07 Å². The Morgan fingerprint density at radius 2 is 2.09 bits per heavy atom. The molecule has 2 rings (SSSR count). The summed E-state index contributed by atoms with van der Waals surface area (Å²) < 4.78 is 11.3. The first kappa shape index (κ1) is 15.6. The highest BCUT2D eigenvalue weighted by atomic mass is 16.5. The Morgan fingerprint density at radius 3 is 2.77 bits per heavy atom. The maximum Gasteiger partial charge on any atom is 0.356 e. The highest BCUT2D eigenvalue weighted by Gasteiger charge is 2.18. The lowest BCUT2D eigenvalue weighted by Crippen LogP contribution is -2.13. The van der Waals surface area contributed by atoms with Crippen molar-refractivity contribution in [3.63, 3.8) is 0 Å². The van der Waals surface area contributed by atoms with Crippen molar-refractivity contribution in [1.29, 1.82) is 0 Å². The van der Waals surface area contributed by atoms with Crippen molar-refractivity contribution in [1.82, 2.24) is 9.78 Å². The number of aromatic nitrogens is 2. The second-order valence-electron chi connectivity index (χ2n) is 4.44. The fourth-order valence-corrected chi connectivity index (χ4v) is 1.87. The summed E-state index contributed by atoms with van der Waals surface area (Å²) >= 11 is 0. The summed E-state index contributed by atoms with van der Waals surface area (Å²) in [6, 6.07) is 8.35. The molecule has 0 aliphatic rings. The number of ether oxygens (including phenoxy) is 2. The molecule has 0 radical (unpaired) electrons. The molecule has 0 aliphatic carbocycles. The van der Waals surface area contributed by atoms with Gasteiger partial charge in [-0.25, -0.2) is 4.79 Å². The zero-order valence-corrected chi connectivity index (χ0v) is 12.6. The van der Waals surface area contributed by atoms with Crippen LogP contribution in [-0.4, -0.2) is 35.4 Å². The number of benzene rings is 1. The van der Waals surface area contributed by atoms with Gasteiger partial charge in [-0.05, 0) is 19.1 Å². The molecule has 1 N–H and O–H groups in total. The molecule has 0 unspecified atom stereocenters. The van der Waals surface area contributed by atoms with Crippen LogP contribution in [0.1, 0.15) is 27.9 Å². The minimum absolute atomic E-state index is 0.133. The number of carbonyl (C=O) groups excluding carboxylic acids is 2. The summed E-state index contributed by atoms with van der Waals surface area (Å²) in [6.45, 7) is 1.97. The van der Waals surface area contributed by atoms with Gasteiger partial charge in [-0.3, -0.25) is 9.48 Å². The van der Waals surface area contributed by atoms with Crippen molar-refractivity contribution in [3.8, 4) is 5.75 Å². The summed E-state index contributed by atoms with van der Waals surface area (Å²) in [7, 11) is 3.12. The van der Waals surface area contributed by atoms with Crippen LogP contribution >= 0.6 is 0 Å². The molecule has 0 atom stereocenters. The summed E-state index contributed by atoms with van der Waals surface area (Å²) in [6.07, 6.45) is 0. The quantitative estimate of drug-likeness (QED) is 0.852. The van der Waals surface area contributed by atoms with E-state index in [4.69, 9.17) is 9.47 Å². The minimum Gasteiger partial charge on any atom is -0.497 e. The smallest absolute Gasteiger partial charge is 0.356 e. The molecule has 116 valence electrons. The molecule has 7 nitrogen and oxygen atoms in total. The molecule has 7 heteroatoms. The number of hydrogen-bond donors (Lipinski definition) is 1. The Labute approximate surface area is 127 Å². The SMILES string of the molecule is CCOC(=O)c1cc(C(=O)Nc2cccc(OC)c2)nn1C. The predicted molar refractivity (Wildman–Crippen MR) is 80.1 cm³/mol. The van der Waals surface area contributed by atoms with Crippen LogP contribution in [0.25, 0.3) is 0 Å². The first-order chi connectivity index (χ1) is 10.5. The van der Waals surface area contributed by atoms with E-state index >= 15 is 0 Å². The van der Waals surface area contributed by atoms with Gasteiger partial charge in [0.15, 0.2) is 5.69 Å². The topological polar surface area (TPSA) is 82.5 Å². The fourth-order valence-electron chi connectivity index (χ4n) is 1.87. The zero-order valence-electron chi connectivity index (χ0n) is 12.6. The molecule has 2 aromatic rings. The number of amides is 1. The van der Waals surface area contributed by atoms with E-state index in [1.165, 1.54) is 10.7 Å². The zero-order chi connectivity index (χ0) is 16.1. The minimum atomic E-state index is -0.516. The molecule has 0 fully saturated rings.